The molecule has 0 unspecified atom stereocenters. The molecule has 1 N–H and O–H groups in total. The molecule has 0 bridgehead atoms. The minimum atomic E-state index is -1.10. The van der Waals surface area contributed by atoms with Crippen molar-refractivity contribution >= 4 is 11.9 Å². The second kappa shape index (κ2) is 9.91. The summed E-state index contributed by atoms with van der Waals surface area (Å²) in [7, 11) is 0. The van der Waals surface area contributed by atoms with Crippen LogP contribution in [0.15, 0.2) is 43.1 Å². The molecule has 3 rings (SSSR count). The minimum absolute atomic E-state index is 0.00316. The van der Waals surface area contributed by atoms with E-state index in [1.54, 1.807) is 30.9 Å². The van der Waals surface area contributed by atoms with E-state index in [0.717, 1.165) is 0 Å². The van der Waals surface area contributed by atoms with Crippen molar-refractivity contribution in [3.63, 3.8) is 0 Å². The number of rotatable bonds is 7. The van der Waals surface area contributed by atoms with E-state index < -0.39 is 12.1 Å². The van der Waals surface area contributed by atoms with Crippen molar-refractivity contribution in [3.8, 4) is 5.75 Å². The Labute approximate surface area is 187 Å². The molecule has 8 heteroatoms. The molecule has 2 atom stereocenters. The predicted octanol–water partition coefficient (Wildman–Crippen LogP) is 3.37. The van der Waals surface area contributed by atoms with E-state index >= 15 is 0 Å². The molecule has 1 aromatic heterocycles. The largest absolute Gasteiger partial charge is 0.483 e. The van der Waals surface area contributed by atoms with Gasteiger partial charge in [-0.1, -0.05) is 18.7 Å². The fourth-order valence-corrected chi connectivity index (χ4v) is 3.90. The van der Waals surface area contributed by atoms with E-state index in [4.69, 9.17) is 4.74 Å². The molecular weight excluding hydrogens is 413 g/mol. The Morgan fingerprint density at radius 1 is 1.31 bits per heavy atom. The van der Waals surface area contributed by atoms with Crippen molar-refractivity contribution in [2.75, 3.05) is 26.2 Å². The van der Waals surface area contributed by atoms with Gasteiger partial charge in [-0.2, -0.15) is 0 Å². The molecule has 1 fully saturated rings. The quantitative estimate of drug-likeness (QED) is 0.664. The normalized spacial score (nSPS) is 17.6. The van der Waals surface area contributed by atoms with E-state index in [1.807, 2.05) is 13.0 Å². The lowest BCUT2D eigenvalue weighted by Crippen LogP contribution is -2.54. The van der Waals surface area contributed by atoms with Gasteiger partial charge in [0.05, 0.1) is 6.20 Å². The Morgan fingerprint density at radius 3 is 2.66 bits per heavy atom. The summed E-state index contributed by atoms with van der Waals surface area (Å²) in [5.74, 6) is -1.11. The number of carboxylic acids is 1. The zero-order valence-electron chi connectivity index (χ0n) is 18.5. The first-order chi connectivity index (χ1) is 15.2. The first kappa shape index (κ1) is 23.4. The van der Waals surface area contributed by atoms with Crippen LogP contribution in [0.5, 0.6) is 5.75 Å². The topological polar surface area (TPSA) is 83.0 Å². The van der Waals surface area contributed by atoms with Crippen LogP contribution in [0.3, 0.4) is 0 Å². The number of ether oxygens (including phenoxy) is 1. The van der Waals surface area contributed by atoms with Gasteiger partial charge in [-0.25, -0.2) is 14.2 Å². The Kier molecular flexibility index (Phi) is 7.25. The van der Waals surface area contributed by atoms with Gasteiger partial charge in [0.1, 0.15) is 17.7 Å². The summed E-state index contributed by atoms with van der Waals surface area (Å²) < 4.78 is 20.5. The molecule has 0 radical (unpaired) electrons. The number of aromatic carboxylic acids is 1. The molecule has 0 spiro atoms. The number of hydrogen-bond acceptors (Lipinski definition) is 5. The molecule has 170 valence electrons. The molecule has 0 aliphatic carbocycles. The highest BCUT2D eigenvalue weighted by atomic mass is 19.1. The first-order valence-electron chi connectivity index (χ1n) is 10.5. The van der Waals surface area contributed by atoms with Crippen LogP contribution in [-0.2, 0) is 4.79 Å². The van der Waals surface area contributed by atoms with Gasteiger partial charge in [0.25, 0.3) is 0 Å². The number of benzene rings is 1. The van der Waals surface area contributed by atoms with Crippen molar-refractivity contribution < 1.29 is 23.8 Å². The summed E-state index contributed by atoms with van der Waals surface area (Å²) >= 11 is 0. The molecule has 1 saturated heterocycles. The van der Waals surface area contributed by atoms with E-state index in [0.29, 0.717) is 48.6 Å². The molecule has 32 heavy (non-hydrogen) atoms. The standard InChI is InChI=1S/C24H28FN3O4/c1-5-22(29)28-9-8-27(13-17(28)4)14-21(18-7-6-15(2)20(25)11-18)32-19-10-16(3)23(24(30)31)26-12-19/h5-7,10-12,17,21H,1,8-9,13-14H2,2-4H3,(H,30,31)/t17-,21-/m1/s1. The summed E-state index contributed by atoms with van der Waals surface area (Å²) in [6.07, 6.45) is 2.19. The van der Waals surface area contributed by atoms with E-state index in [-0.39, 0.29) is 23.5 Å². The number of piperazine rings is 1. The number of carbonyl (C=O) groups is 2. The van der Waals surface area contributed by atoms with Crippen LogP contribution in [0.2, 0.25) is 0 Å². The Morgan fingerprint density at radius 2 is 2.06 bits per heavy atom. The SMILES string of the molecule is C=CC(=O)N1CCN(C[C@@H](Oc2cnc(C(=O)O)c(C)c2)c2ccc(C)c(F)c2)C[C@H]1C. The van der Waals surface area contributed by atoms with E-state index in [1.165, 1.54) is 18.3 Å². The van der Waals surface area contributed by atoms with Crippen LogP contribution in [0, 0.1) is 19.7 Å². The zero-order chi connectivity index (χ0) is 23.4. The highest BCUT2D eigenvalue weighted by molar-refractivity contribution is 5.87. The van der Waals surface area contributed by atoms with Gasteiger partial charge < -0.3 is 14.7 Å². The van der Waals surface area contributed by atoms with Gasteiger partial charge in [-0.3, -0.25) is 9.69 Å². The van der Waals surface area contributed by atoms with Crippen molar-refractivity contribution in [2.45, 2.75) is 32.9 Å². The van der Waals surface area contributed by atoms with Crippen LogP contribution in [-0.4, -0.2) is 64.0 Å². The third-order valence-corrected chi connectivity index (χ3v) is 5.70. The first-order valence-corrected chi connectivity index (χ1v) is 10.5. The lowest BCUT2D eigenvalue weighted by atomic mass is 10.0. The van der Waals surface area contributed by atoms with Crippen molar-refractivity contribution in [1.82, 2.24) is 14.8 Å². The molecule has 1 aliphatic heterocycles. The number of aromatic nitrogens is 1. The van der Waals surface area contributed by atoms with Crippen LogP contribution in [0.25, 0.3) is 0 Å². The van der Waals surface area contributed by atoms with Crippen molar-refractivity contribution in [3.05, 3.63) is 71.3 Å². The smallest absolute Gasteiger partial charge is 0.354 e. The summed E-state index contributed by atoms with van der Waals surface area (Å²) in [4.78, 5) is 31.2. The summed E-state index contributed by atoms with van der Waals surface area (Å²) in [6, 6.07) is 6.63. The maximum absolute atomic E-state index is 14.3. The highest BCUT2D eigenvalue weighted by Crippen LogP contribution is 2.26. The zero-order valence-corrected chi connectivity index (χ0v) is 18.5. The van der Waals surface area contributed by atoms with Gasteiger partial charge in [0.2, 0.25) is 5.91 Å². The average molecular weight is 442 g/mol. The lowest BCUT2D eigenvalue weighted by molar-refractivity contribution is -0.130. The molecule has 0 saturated carbocycles. The summed E-state index contributed by atoms with van der Waals surface area (Å²) in [5.41, 5.74) is 1.66. The number of halogens is 1. The molecule has 1 aromatic carbocycles. The highest BCUT2D eigenvalue weighted by Gasteiger charge is 2.29. The molecule has 2 heterocycles. The number of carboxylic acid groups (broad SMARTS) is 1. The van der Waals surface area contributed by atoms with Crippen LogP contribution < -0.4 is 4.74 Å². The number of amides is 1. The number of nitrogens with zero attached hydrogens (tertiary/aromatic N) is 3. The summed E-state index contributed by atoms with van der Waals surface area (Å²) in [5, 5.41) is 9.21. The van der Waals surface area contributed by atoms with Gasteiger partial charge >= 0.3 is 5.97 Å². The summed E-state index contributed by atoms with van der Waals surface area (Å²) in [6.45, 7) is 11.2. The van der Waals surface area contributed by atoms with E-state index in [9.17, 15) is 19.1 Å². The molecule has 2 aromatic rings. The number of carbonyl (C=O) groups excluding carboxylic acids is 1. The second-order valence-corrected chi connectivity index (χ2v) is 8.10. The second-order valence-electron chi connectivity index (χ2n) is 8.10. The molecule has 1 aliphatic rings. The number of hydrogen-bond donors (Lipinski definition) is 1. The van der Waals surface area contributed by atoms with Crippen molar-refractivity contribution in [1.29, 1.82) is 0 Å². The number of pyridine rings is 1. The predicted molar refractivity (Wildman–Crippen MR) is 118 cm³/mol. The van der Waals surface area contributed by atoms with Gasteiger partial charge in [-0.15, -0.1) is 0 Å². The maximum atomic E-state index is 14.3. The van der Waals surface area contributed by atoms with E-state index in [2.05, 4.69) is 16.5 Å². The van der Waals surface area contributed by atoms with Gasteiger partial charge in [0.15, 0.2) is 5.69 Å². The monoisotopic (exact) mass is 441 g/mol. The molecular formula is C24H28FN3O4. The Balaban J connectivity index is 1.83. The third-order valence-electron chi connectivity index (χ3n) is 5.70. The van der Waals surface area contributed by atoms with Crippen LogP contribution >= 0.6 is 0 Å². The van der Waals surface area contributed by atoms with Crippen LogP contribution in [0.4, 0.5) is 4.39 Å². The fourth-order valence-electron chi connectivity index (χ4n) is 3.90. The minimum Gasteiger partial charge on any atom is -0.483 e. The third kappa shape index (κ3) is 5.31. The number of aryl methyl sites for hydroxylation is 2. The lowest BCUT2D eigenvalue weighted by Gasteiger charge is -2.40. The molecule has 7 nitrogen and oxygen atoms in total. The van der Waals surface area contributed by atoms with Crippen molar-refractivity contribution in [2.24, 2.45) is 0 Å². The fraction of sp³-hybridized carbons (Fsp3) is 0.375. The average Bonchev–Trinajstić information content (AvgIpc) is 2.74. The molecule has 1 amide bonds. The van der Waals surface area contributed by atoms with Gasteiger partial charge in [-0.05, 0) is 55.7 Å². The Hall–Kier alpha value is -3.26. The maximum Gasteiger partial charge on any atom is 0.354 e. The van der Waals surface area contributed by atoms with Crippen LogP contribution in [0.1, 0.15) is 40.2 Å². The van der Waals surface area contributed by atoms with Gasteiger partial charge in [0, 0.05) is 32.2 Å². The Bertz CT molecular complexity index is 1030.